The molecule has 2 aromatic rings. The third-order valence-electron chi connectivity index (χ3n) is 3.79. The molecule has 4 N–H and O–H groups in total. The van der Waals surface area contributed by atoms with Gasteiger partial charge in [0.2, 0.25) is 5.91 Å². The second-order valence-electron chi connectivity index (χ2n) is 5.34. The van der Waals surface area contributed by atoms with Crippen molar-refractivity contribution in [3.05, 3.63) is 36.0 Å². The average molecular weight is 257 g/mol. The number of benzene rings is 1. The predicted molar refractivity (Wildman–Crippen MR) is 75.7 cm³/mol. The molecule has 19 heavy (non-hydrogen) atoms. The van der Waals surface area contributed by atoms with Crippen LogP contribution in [0.1, 0.15) is 18.4 Å². The van der Waals surface area contributed by atoms with Crippen LogP contribution in [0.15, 0.2) is 30.5 Å². The van der Waals surface area contributed by atoms with E-state index in [9.17, 15) is 4.79 Å². The predicted octanol–water partition coefficient (Wildman–Crippen LogP) is 1.56. The number of amides is 1. The Bertz CT molecular complexity index is 586. The van der Waals surface area contributed by atoms with E-state index in [1.807, 2.05) is 30.5 Å². The number of para-hydroxylation sites is 1. The molecule has 100 valence electrons. The van der Waals surface area contributed by atoms with Crippen molar-refractivity contribution < 1.29 is 4.79 Å². The van der Waals surface area contributed by atoms with E-state index in [-0.39, 0.29) is 11.9 Å². The molecule has 1 amide bonds. The summed E-state index contributed by atoms with van der Waals surface area (Å²) in [6.45, 7) is 0.589. The number of H-pyrrole nitrogens is 1. The van der Waals surface area contributed by atoms with Gasteiger partial charge >= 0.3 is 0 Å². The van der Waals surface area contributed by atoms with Crippen molar-refractivity contribution in [3.8, 4) is 0 Å². The maximum absolute atomic E-state index is 11.9. The minimum atomic E-state index is 0.0425. The quantitative estimate of drug-likeness (QED) is 0.760. The number of aromatic amines is 1. The Morgan fingerprint density at radius 3 is 3.00 bits per heavy atom. The lowest BCUT2D eigenvalue weighted by Gasteiger charge is -2.11. The van der Waals surface area contributed by atoms with Crippen LogP contribution in [0, 0.1) is 5.92 Å². The number of nitrogens with two attached hydrogens (primary N) is 1. The van der Waals surface area contributed by atoms with E-state index < -0.39 is 0 Å². The Kier molecular flexibility index (Phi) is 3.25. The van der Waals surface area contributed by atoms with Gasteiger partial charge < -0.3 is 16.0 Å². The van der Waals surface area contributed by atoms with Crippen molar-refractivity contribution in [2.24, 2.45) is 11.7 Å². The van der Waals surface area contributed by atoms with Crippen molar-refractivity contribution in [1.29, 1.82) is 0 Å². The zero-order chi connectivity index (χ0) is 13.2. The van der Waals surface area contributed by atoms with E-state index in [2.05, 4.69) is 10.3 Å². The maximum Gasteiger partial charge on any atom is 0.224 e. The van der Waals surface area contributed by atoms with Crippen LogP contribution < -0.4 is 11.1 Å². The van der Waals surface area contributed by atoms with Crippen LogP contribution in [0.5, 0.6) is 0 Å². The van der Waals surface area contributed by atoms with Gasteiger partial charge in [0.05, 0.1) is 6.42 Å². The van der Waals surface area contributed by atoms with Crippen LogP contribution in [0.2, 0.25) is 0 Å². The Labute approximate surface area is 112 Å². The minimum Gasteiger partial charge on any atom is -0.361 e. The van der Waals surface area contributed by atoms with E-state index in [1.165, 1.54) is 12.8 Å². The van der Waals surface area contributed by atoms with Crippen LogP contribution in [0.4, 0.5) is 0 Å². The van der Waals surface area contributed by atoms with E-state index in [0.717, 1.165) is 16.5 Å². The summed E-state index contributed by atoms with van der Waals surface area (Å²) in [5, 5.41) is 4.04. The Morgan fingerprint density at radius 2 is 2.21 bits per heavy atom. The van der Waals surface area contributed by atoms with Crippen molar-refractivity contribution >= 4 is 16.8 Å². The second kappa shape index (κ2) is 5.05. The fourth-order valence-electron chi connectivity index (χ4n) is 2.44. The van der Waals surface area contributed by atoms with Gasteiger partial charge in [-0.15, -0.1) is 0 Å². The third kappa shape index (κ3) is 2.79. The fourth-order valence-corrected chi connectivity index (χ4v) is 2.44. The van der Waals surface area contributed by atoms with Crippen LogP contribution in [0.3, 0.4) is 0 Å². The van der Waals surface area contributed by atoms with E-state index in [4.69, 9.17) is 5.73 Å². The summed E-state index contributed by atoms with van der Waals surface area (Å²) in [6, 6.07) is 8.13. The van der Waals surface area contributed by atoms with E-state index in [1.54, 1.807) is 0 Å². The molecule has 1 heterocycles. The smallest absolute Gasteiger partial charge is 0.224 e. The molecule has 4 nitrogen and oxygen atoms in total. The van der Waals surface area contributed by atoms with Gasteiger partial charge in [0.15, 0.2) is 0 Å². The highest BCUT2D eigenvalue weighted by molar-refractivity contribution is 5.88. The number of carbonyl (C=O) groups excluding carboxylic acids is 1. The summed E-state index contributed by atoms with van der Waals surface area (Å²) in [5.41, 5.74) is 8.08. The summed E-state index contributed by atoms with van der Waals surface area (Å²) < 4.78 is 0. The summed E-state index contributed by atoms with van der Waals surface area (Å²) in [5.74, 6) is 0.661. The largest absolute Gasteiger partial charge is 0.361 e. The molecule has 1 aliphatic rings. The van der Waals surface area contributed by atoms with Crippen molar-refractivity contribution in [3.63, 3.8) is 0 Å². The van der Waals surface area contributed by atoms with Crippen LogP contribution in [-0.2, 0) is 11.2 Å². The van der Waals surface area contributed by atoms with Gasteiger partial charge in [-0.1, -0.05) is 18.2 Å². The zero-order valence-electron chi connectivity index (χ0n) is 10.9. The summed E-state index contributed by atoms with van der Waals surface area (Å²) >= 11 is 0. The molecule has 3 rings (SSSR count). The number of hydrogen-bond donors (Lipinski definition) is 3. The van der Waals surface area contributed by atoms with Crippen LogP contribution in [-0.4, -0.2) is 23.5 Å². The molecule has 0 radical (unpaired) electrons. The molecule has 1 fully saturated rings. The van der Waals surface area contributed by atoms with Gasteiger partial charge in [0, 0.05) is 29.7 Å². The molecule has 0 spiro atoms. The fraction of sp³-hybridized carbons (Fsp3) is 0.400. The standard InChI is InChI=1S/C15H19N3O/c16-13(10-5-6-10)9-18-15(19)7-11-8-17-14-4-2-1-3-12(11)14/h1-4,8,10,13,17H,5-7,9,16H2,(H,18,19). The first kappa shape index (κ1) is 12.2. The molecular formula is C15H19N3O. The summed E-state index contributed by atoms with van der Waals surface area (Å²) in [6.07, 6.45) is 4.73. The van der Waals surface area contributed by atoms with Gasteiger partial charge in [0.25, 0.3) is 0 Å². The number of carbonyl (C=O) groups is 1. The highest BCUT2D eigenvalue weighted by Crippen LogP contribution is 2.31. The summed E-state index contributed by atoms with van der Waals surface area (Å²) in [4.78, 5) is 15.1. The van der Waals surface area contributed by atoms with Gasteiger partial charge in [-0.3, -0.25) is 4.79 Å². The molecule has 0 bridgehead atoms. The Hall–Kier alpha value is -1.81. The molecule has 1 aromatic heterocycles. The molecule has 0 aliphatic heterocycles. The van der Waals surface area contributed by atoms with Gasteiger partial charge in [-0.25, -0.2) is 0 Å². The summed E-state index contributed by atoms with van der Waals surface area (Å²) in [7, 11) is 0. The molecule has 1 aromatic carbocycles. The van der Waals surface area contributed by atoms with Gasteiger partial charge in [-0.05, 0) is 30.4 Å². The second-order valence-corrected chi connectivity index (χ2v) is 5.34. The molecule has 1 atom stereocenters. The number of rotatable bonds is 5. The van der Waals surface area contributed by atoms with Crippen LogP contribution in [0.25, 0.3) is 10.9 Å². The monoisotopic (exact) mass is 257 g/mol. The molecule has 0 saturated heterocycles. The normalized spacial score (nSPS) is 16.5. The minimum absolute atomic E-state index is 0.0425. The Balaban J connectivity index is 1.59. The van der Waals surface area contributed by atoms with Crippen molar-refractivity contribution in [1.82, 2.24) is 10.3 Å². The number of nitrogens with one attached hydrogen (secondary N) is 2. The van der Waals surface area contributed by atoms with E-state index in [0.29, 0.717) is 18.9 Å². The lowest BCUT2D eigenvalue weighted by Crippen LogP contribution is -2.39. The third-order valence-corrected chi connectivity index (χ3v) is 3.79. The molecular weight excluding hydrogens is 238 g/mol. The zero-order valence-corrected chi connectivity index (χ0v) is 10.9. The number of hydrogen-bond acceptors (Lipinski definition) is 2. The SMILES string of the molecule is NC(CNC(=O)Cc1c[nH]c2ccccc12)C1CC1. The lowest BCUT2D eigenvalue weighted by molar-refractivity contribution is -0.120. The van der Waals surface area contributed by atoms with Crippen molar-refractivity contribution in [2.75, 3.05) is 6.54 Å². The number of fused-ring (bicyclic) bond motifs is 1. The van der Waals surface area contributed by atoms with E-state index >= 15 is 0 Å². The first-order chi connectivity index (χ1) is 9.24. The number of aromatic nitrogens is 1. The maximum atomic E-state index is 11.9. The van der Waals surface area contributed by atoms with Gasteiger partial charge in [-0.2, -0.15) is 0 Å². The average Bonchev–Trinajstić information content (AvgIpc) is 3.20. The topological polar surface area (TPSA) is 70.9 Å². The highest BCUT2D eigenvalue weighted by Gasteiger charge is 2.28. The lowest BCUT2D eigenvalue weighted by atomic mass is 10.1. The van der Waals surface area contributed by atoms with Crippen LogP contribution >= 0.6 is 0 Å². The highest BCUT2D eigenvalue weighted by atomic mass is 16.1. The molecule has 1 aliphatic carbocycles. The molecule has 1 unspecified atom stereocenters. The van der Waals surface area contributed by atoms with Gasteiger partial charge in [0.1, 0.15) is 0 Å². The molecule has 1 saturated carbocycles. The Morgan fingerprint density at radius 1 is 1.42 bits per heavy atom. The molecule has 4 heteroatoms. The first-order valence-corrected chi connectivity index (χ1v) is 6.81. The van der Waals surface area contributed by atoms with Crippen molar-refractivity contribution in [2.45, 2.75) is 25.3 Å². The first-order valence-electron chi connectivity index (χ1n) is 6.81.